The minimum Gasteiger partial charge on any atom is -0.294 e. The van der Waals surface area contributed by atoms with Gasteiger partial charge in [0.1, 0.15) is 0 Å². The average molecular weight is 248 g/mol. The van der Waals surface area contributed by atoms with Crippen molar-refractivity contribution < 1.29 is 4.79 Å². The van der Waals surface area contributed by atoms with Gasteiger partial charge in [-0.05, 0) is 34.0 Å². The molecule has 0 aliphatic heterocycles. The van der Waals surface area contributed by atoms with Crippen LogP contribution in [0.1, 0.15) is 30.1 Å². The van der Waals surface area contributed by atoms with E-state index in [4.69, 9.17) is 0 Å². The van der Waals surface area contributed by atoms with Crippen LogP contribution in [-0.4, -0.2) is 5.78 Å². The highest BCUT2D eigenvalue weighted by Gasteiger charge is 2.06. The fourth-order valence-corrected chi connectivity index (χ4v) is 2.56. The monoisotopic (exact) mass is 248 g/mol. The van der Waals surface area contributed by atoms with E-state index in [-0.39, 0.29) is 5.78 Å². The molecule has 1 heteroatoms. The van der Waals surface area contributed by atoms with Gasteiger partial charge in [-0.25, -0.2) is 0 Å². The Morgan fingerprint density at radius 2 is 1.63 bits per heavy atom. The summed E-state index contributed by atoms with van der Waals surface area (Å²) in [7, 11) is 0. The highest BCUT2D eigenvalue weighted by atomic mass is 16.1. The molecule has 0 spiro atoms. The molecule has 0 heterocycles. The summed E-state index contributed by atoms with van der Waals surface area (Å²) in [5, 5.41) is 4.84. The summed E-state index contributed by atoms with van der Waals surface area (Å²) in [5.41, 5.74) is 0.824. The van der Waals surface area contributed by atoms with Crippen LogP contribution >= 0.6 is 0 Å². The summed E-state index contributed by atoms with van der Waals surface area (Å²) in [6.45, 7) is 2.03. The Balaban J connectivity index is 2.20. The van der Waals surface area contributed by atoms with Gasteiger partial charge < -0.3 is 0 Å². The Morgan fingerprint density at radius 3 is 2.47 bits per heavy atom. The molecular formula is C18H16O. The van der Waals surface area contributed by atoms with Crippen LogP contribution < -0.4 is 0 Å². The molecule has 0 amide bonds. The highest BCUT2D eigenvalue weighted by molar-refractivity contribution is 6.09. The molecule has 3 aromatic rings. The molecular weight excluding hydrogens is 232 g/mol. The van der Waals surface area contributed by atoms with E-state index < -0.39 is 0 Å². The number of Topliss-reactive ketones (excluding diaryl/α,β-unsaturated/α-hetero) is 1. The van der Waals surface area contributed by atoms with Crippen LogP contribution in [0.15, 0.2) is 54.6 Å². The normalized spacial score (nSPS) is 11.0. The third-order valence-electron chi connectivity index (χ3n) is 3.54. The van der Waals surface area contributed by atoms with Crippen LogP contribution in [0.25, 0.3) is 21.5 Å². The van der Waals surface area contributed by atoms with Gasteiger partial charge in [0, 0.05) is 12.0 Å². The van der Waals surface area contributed by atoms with Crippen LogP contribution in [0, 0.1) is 0 Å². The molecule has 0 saturated heterocycles. The number of hydrogen-bond acceptors (Lipinski definition) is 1. The van der Waals surface area contributed by atoms with Gasteiger partial charge in [0.15, 0.2) is 5.78 Å². The maximum absolute atomic E-state index is 12.0. The van der Waals surface area contributed by atoms with Crippen LogP contribution in [0.2, 0.25) is 0 Å². The molecule has 0 aliphatic rings. The fourth-order valence-electron chi connectivity index (χ4n) is 2.56. The van der Waals surface area contributed by atoms with E-state index in [1.54, 1.807) is 0 Å². The molecule has 0 bridgehead atoms. The largest absolute Gasteiger partial charge is 0.294 e. The number of rotatable bonds is 3. The lowest BCUT2D eigenvalue weighted by Gasteiger charge is -2.06. The van der Waals surface area contributed by atoms with Gasteiger partial charge in [-0.1, -0.05) is 55.5 Å². The summed E-state index contributed by atoms with van der Waals surface area (Å²) >= 11 is 0. The molecule has 0 fully saturated rings. The SMILES string of the molecule is CCCC(=O)c1ccc2c(ccc3ccccc32)c1. The van der Waals surface area contributed by atoms with Crippen molar-refractivity contribution in [2.75, 3.05) is 0 Å². The Morgan fingerprint density at radius 1 is 0.895 bits per heavy atom. The van der Waals surface area contributed by atoms with Gasteiger partial charge in [0.05, 0.1) is 0 Å². The van der Waals surface area contributed by atoms with Crippen LogP contribution in [0.5, 0.6) is 0 Å². The van der Waals surface area contributed by atoms with Gasteiger partial charge in [-0.2, -0.15) is 0 Å². The molecule has 0 unspecified atom stereocenters. The second-order valence-corrected chi connectivity index (χ2v) is 4.90. The Kier molecular flexibility index (Phi) is 3.04. The predicted octanol–water partition coefficient (Wildman–Crippen LogP) is 4.98. The molecule has 94 valence electrons. The van der Waals surface area contributed by atoms with Gasteiger partial charge in [0.2, 0.25) is 0 Å². The standard InChI is InChI=1S/C18H16O/c1-2-5-18(19)15-10-11-17-14(12-15)9-8-13-6-3-4-7-16(13)17/h3-4,6-12H,2,5H2,1H3. The molecule has 0 radical (unpaired) electrons. The molecule has 0 aromatic heterocycles. The zero-order valence-corrected chi connectivity index (χ0v) is 11.0. The van der Waals surface area contributed by atoms with Gasteiger partial charge in [-0.15, -0.1) is 0 Å². The van der Waals surface area contributed by atoms with Crippen LogP contribution in [0.3, 0.4) is 0 Å². The lowest BCUT2D eigenvalue weighted by molar-refractivity contribution is 0.0982. The molecule has 1 nitrogen and oxygen atoms in total. The van der Waals surface area contributed by atoms with Crippen molar-refractivity contribution in [2.24, 2.45) is 0 Å². The number of hydrogen-bond donors (Lipinski definition) is 0. The van der Waals surface area contributed by atoms with E-state index in [0.717, 1.165) is 17.4 Å². The summed E-state index contributed by atoms with van der Waals surface area (Å²) in [6, 6.07) is 18.6. The Labute approximate surface area is 112 Å². The second kappa shape index (κ2) is 4.85. The maximum atomic E-state index is 12.0. The molecule has 0 atom stereocenters. The average Bonchev–Trinajstić information content (AvgIpc) is 2.46. The number of benzene rings is 3. The van der Waals surface area contributed by atoms with Gasteiger partial charge in [0.25, 0.3) is 0 Å². The lowest BCUT2D eigenvalue weighted by Crippen LogP contribution is -1.97. The minimum atomic E-state index is 0.234. The van der Waals surface area contributed by atoms with Crippen molar-refractivity contribution >= 4 is 27.3 Å². The maximum Gasteiger partial charge on any atom is 0.162 e. The van der Waals surface area contributed by atoms with E-state index >= 15 is 0 Å². The first-order valence-corrected chi connectivity index (χ1v) is 6.74. The number of carbonyl (C=O) groups excluding carboxylic acids is 1. The first kappa shape index (κ1) is 11.9. The van der Waals surface area contributed by atoms with Crippen LogP contribution in [0.4, 0.5) is 0 Å². The summed E-state index contributed by atoms with van der Waals surface area (Å²) in [6.07, 6.45) is 1.52. The van der Waals surface area contributed by atoms with Crippen molar-refractivity contribution in [1.29, 1.82) is 0 Å². The van der Waals surface area contributed by atoms with Crippen molar-refractivity contribution in [2.45, 2.75) is 19.8 Å². The highest BCUT2D eigenvalue weighted by Crippen LogP contribution is 2.26. The van der Waals surface area contributed by atoms with E-state index in [1.807, 2.05) is 25.1 Å². The molecule has 3 rings (SSSR count). The van der Waals surface area contributed by atoms with E-state index in [0.29, 0.717) is 6.42 Å². The molecule has 0 N–H and O–H groups in total. The smallest absolute Gasteiger partial charge is 0.162 e. The quantitative estimate of drug-likeness (QED) is 0.472. The summed E-state index contributed by atoms with van der Waals surface area (Å²) in [5.74, 6) is 0.234. The zero-order chi connectivity index (χ0) is 13.2. The Hall–Kier alpha value is -2.15. The molecule has 0 saturated carbocycles. The first-order chi connectivity index (χ1) is 9.29. The molecule has 19 heavy (non-hydrogen) atoms. The number of carbonyl (C=O) groups is 1. The van der Waals surface area contributed by atoms with Crippen molar-refractivity contribution in [3.8, 4) is 0 Å². The summed E-state index contributed by atoms with van der Waals surface area (Å²) in [4.78, 5) is 12.0. The van der Waals surface area contributed by atoms with Crippen molar-refractivity contribution in [1.82, 2.24) is 0 Å². The Bertz CT molecular complexity index is 756. The van der Waals surface area contributed by atoms with Crippen molar-refractivity contribution in [3.63, 3.8) is 0 Å². The van der Waals surface area contributed by atoms with Crippen molar-refractivity contribution in [3.05, 3.63) is 60.2 Å². The fraction of sp³-hybridized carbons (Fsp3) is 0.167. The molecule has 3 aromatic carbocycles. The van der Waals surface area contributed by atoms with Crippen LogP contribution in [-0.2, 0) is 0 Å². The second-order valence-electron chi connectivity index (χ2n) is 4.90. The topological polar surface area (TPSA) is 17.1 Å². The predicted molar refractivity (Wildman–Crippen MR) is 80.7 cm³/mol. The third kappa shape index (κ3) is 2.12. The van der Waals surface area contributed by atoms with E-state index in [2.05, 4.69) is 36.4 Å². The van der Waals surface area contributed by atoms with Gasteiger partial charge in [-0.3, -0.25) is 4.79 Å². The van der Waals surface area contributed by atoms with Gasteiger partial charge >= 0.3 is 0 Å². The number of ketones is 1. The third-order valence-corrected chi connectivity index (χ3v) is 3.54. The summed E-state index contributed by atoms with van der Waals surface area (Å²) < 4.78 is 0. The molecule has 0 aliphatic carbocycles. The van der Waals surface area contributed by atoms with E-state index in [9.17, 15) is 4.79 Å². The number of fused-ring (bicyclic) bond motifs is 3. The lowest BCUT2D eigenvalue weighted by atomic mass is 9.98. The first-order valence-electron chi connectivity index (χ1n) is 6.74. The van der Waals surface area contributed by atoms with E-state index in [1.165, 1.54) is 16.2 Å². The zero-order valence-electron chi connectivity index (χ0n) is 11.0. The minimum absolute atomic E-state index is 0.234.